The minimum atomic E-state index is -0.861. The van der Waals surface area contributed by atoms with Crippen LogP contribution < -0.4 is 30.7 Å². The number of nitrogens with zero attached hydrogens (tertiary/aromatic N) is 9. The van der Waals surface area contributed by atoms with E-state index in [1.54, 1.807) is 23.1 Å². The number of piperazine rings is 1. The van der Waals surface area contributed by atoms with Gasteiger partial charge in [0.25, 0.3) is 5.91 Å². The van der Waals surface area contributed by atoms with Crippen LogP contribution in [0.25, 0.3) is 0 Å². The van der Waals surface area contributed by atoms with Gasteiger partial charge < -0.3 is 20.4 Å². The molecule has 3 aliphatic heterocycles. The summed E-state index contributed by atoms with van der Waals surface area (Å²) in [6.07, 6.45) is 5.83. The summed E-state index contributed by atoms with van der Waals surface area (Å²) in [4.78, 5) is 62.6. The van der Waals surface area contributed by atoms with Crippen LogP contribution in [0.3, 0.4) is 0 Å². The number of amides is 4. The Hall–Kier alpha value is -5.92. The number of nitriles is 1. The summed E-state index contributed by atoms with van der Waals surface area (Å²) >= 11 is 6.16. The number of nitrogens with one attached hydrogen (secondary N) is 3. The van der Waals surface area contributed by atoms with Crippen LogP contribution in [0.4, 0.5) is 38.0 Å². The van der Waals surface area contributed by atoms with Crippen LogP contribution in [-0.4, -0.2) is 94.0 Å². The van der Waals surface area contributed by atoms with E-state index in [1.165, 1.54) is 12.4 Å². The fraction of sp³-hybridized carbons (Fsp3) is 0.385. The zero-order valence-electron chi connectivity index (χ0n) is 30.5. The second kappa shape index (κ2) is 16.0. The molecule has 3 fully saturated rings. The van der Waals surface area contributed by atoms with Crippen molar-refractivity contribution in [2.75, 3.05) is 59.3 Å². The summed E-state index contributed by atoms with van der Waals surface area (Å²) < 4.78 is 15.3. The molecule has 3 N–H and O–H groups in total. The number of anilines is 5. The highest BCUT2D eigenvalue weighted by Gasteiger charge is 2.31. The number of aromatic nitrogens is 4. The predicted molar refractivity (Wildman–Crippen MR) is 207 cm³/mol. The molecule has 1 saturated carbocycles. The van der Waals surface area contributed by atoms with Crippen LogP contribution in [0.1, 0.15) is 59.3 Å². The van der Waals surface area contributed by atoms with E-state index in [9.17, 15) is 14.4 Å². The van der Waals surface area contributed by atoms with Gasteiger partial charge >= 0.3 is 6.03 Å². The molecule has 4 amide bonds. The van der Waals surface area contributed by atoms with Gasteiger partial charge in [0.05, 0.1) is 23.4 Å². The van der Waals surface area contributed by atoms with Crippen molar-refractivity contribution >= 4 is 58.3 Å². The fourth-order valence-corrected chi connectivity index (χ4v) is 8.18. The van der Waals surface area contributed by atoms with E-state index in [1.807, 2.05) is 35.2 Å². The fourth-order valence-electron chi connectivity index (χ4n) is 7.98. The third kappa shape index (κ3) is 7.91. The lowest BCUT2D eigenvalue weighted by Gasteiger charge is -2.42. The first-order chi connectivity index (χ1) is 27.2. The van der Waals surface area contributed by atoms with E-state index < -0.39 is 11.9 Å². The Morgan fingerprint density at radius 3 is 2.36 bits per heavy atom. The summed E-state index contributed by atoms with van der Waals surface area (Å²) in [5.74, 6) is -0.201. The Bertz CT molecular complexity index is 2180. The lowest BCUT2D eigenvalue weighted by atomic mass is 9.89. The smallest absolute Gasteiger partial charge is 0.328 e. The van der Waals surface area contributed by atoms with Crippen LogP contribution in [0.2, 0.25) is 5.15 Å². The largest absolute Gasteiger partial charge is 0.369 e. The van der Waals surface area contributed by atoms with Crippen LogP contribution in [0.5, 0.6) is 0 Å². The summed E-state index contributed by atoms with van der Waals surface area (Å²) in [5.41, 5.74) is 3.73. The van der Waals surface area contributed by atoms with Crippen LogP contribution in [0, 0.1) is 17.3 Å². The molecule has 0 atom stereocenters. The molecular formula is C39H40ClFN12O3. The van der Waals surface area contributed by atoms with Crippen molar-refractivity contribution in [3.63, 3.8) is 0 Å². The number of fused-ring (bicyclic) bond motifs is 1. The number of hydrogen-bond donors (Lipinski definition) is 3. The highest BCUT2D eigenvalue weighted by atomic mass is 35.5. The van der Waals surface area contributed by atoms with Gasteiger partial charge in [0.1, 0.15) is 35.0 Å². The number of urea groups is 1. The van der Waals surface area contributed by atoms with Crippen molar-refractivity contribution in [2.45, 2.75) is 57.2 Å². The number of halogens is 2. The zero-order chi connectivity index (χ0) is 38.8. The molecule has 3 aromatic heterocycles. The average molecular weight is 779 g/mol. The highest BCUT2D eigenvalue weighted by molar-refractivity contribution is 6.30. The lowest BCUT2D eigenvalue weighted by molar-refractivity contribution is -0.120. The number of imide groups is 1. The third-order valence-electron chi connectivity index (χ3n) is 11.1. The molecule has 56 heavy (non-hydrogen) atoms. The first-order valence-electron chi connectivity index (χ1n) is 18.8. The summed E-state index contributed by atoms with van der Waals surface area (Å²) in [6.45, 7) is 5.06. The molecule has 6 heterocycles. The molecule has 4 aliphatic rings. The maximum Gasteiger partial charge on any atom is 0.328 e. The van der Waals surface area contributed by atoms with Gasteiger partial charge in [-0.05, 0) is 80.6 Å². The molecule has 17 heteroatoms. The van der Waals surface area contributed by atoms with Gasteiger partial charge in [0, 0.05) is 74.7 Å². The number of benzene rings is 1. The molecule has 8 rings (SSSR count). The quantitative estimate of drug-likeness (QED) is 0.213. The Kier molecular flexibility index (Phi) is 10.6. The Labute approximate surface area is 327 Å². The molecule has 0 bridgehead atoms. The first kappa shape index (κ1) is 37.0. The first-order valence-corrected chi connectivity index (χ1v) is 19.2. The van der Waals surface area contributed by atoms with Crippen molar-refractivity contribution in [1.29, 1.82) is 5.26 Å². The summed E-state index contributed by atoms with van der Waals surface area (Å²) in [6, 6.07) is 16.3. The monoisotopic (exact) mass is 778 g/mol. The molecule has 2 saturated heterocycles. The van der Waals surface area contributed by atoms with Crippen molar-refractivity contribution in [3.8, 4) is 6.07 Å². The maximum absolute atomic E-state index is 15.3. The molecular weight excluding hydrogens is 739 g/mol. The second-order valence-electron chi connectivity index (χ2n) is 14.4. The molecule has 15 nitrogen and oxygen atoms in total. The molecule has 0 spiro atoms. The average Bonchev–Trinajstić information content (AvgIpc) is 3.21. The Morgan fingerprint density at radius 1 is 0.875 bits per heavy atom. The predicted octanol–water partition coefficient (Wildman–Crippen LogP) is 4.55. The zero-order valence-corrected chi connectivity index (χ0v) is 31.3. The summed E-state index contributed by atoms with van der Waals surface area (Å²) in [5, 5.41) is 17.8. The molecule has 0 radical (unpaired) electrons. The van der Waals surface area contributed by atoms with E-state index in [2.05, 4.69) is 45.7 Å². The number of hydrogen-bond acceptors (Lipinski definition) is 12. The van der Waals surface area contributed by atoms with Gasteiger partial charge in [-0.3, -0.25) is 24.7 Å². The molecule has 0 unspecified atom stereocenters. The van der Waals surface area contributed by atoms with Gasteiger partial charge in [-0.2, -0.15) is 9.65 Å². The van der Waals surface area contributed by atoms with Crippen molar-refractivity contribution < 1.29 is 18.8 Å². The van der Waals surface area contributed by atoms with Crippen LogP contribution in [0.15, 0.2) is 54.9 Å². The van der Waals surface area contributed by atoms with Gasteiger partial charge in [-0.1, -0.05) is 11.6 Å². The second-order valence-corrected chi connectivity index (χ2v) is 14.7. The number of pyridine rings is 2. The molecule has 1 aliphatic carbocycles. The Balaban J connectivity index is 0.800. The van der Waals surface area contributed by atoms with Crippen LogP contribution >= 0.6 is 11.6 Å². The van der Waals surface area contributed by atoms with E-state index in [0.29, 0.717) is 55.7 Å². The topological polar surface area (TPSA) is 176 Å². The highest BCUT2D eigenvalue weighted by Crippen LogP contribution is 2.30. The van der Waals surface area contributed by atoms with E-state index in [-0.39, 0.29) is 34.5 Å². The van der Waals surface area contributed by atoms with Crippen molar-refractivity contribution in [2.24, 2.45) is 0 Å². The van der Waals surface area contributed by atoms with E-state index in [0.717, 1.165) is 74.5 Å². The van der Waals surface area contributed by atoms with Gasteiger partial charge in [-0.25, -0.2) is 24.7 Å². The minimum Gasteiger partial charge on any atom is -0.369 e. The minimum absolute atomic E-state index is 0.0431. The van der Waals surface area contributed by atoms with Gasteiger partial charge in [-0.15, -0.1) is 0 Å². The van der Waals surface area contributed by atoms with Gasteiger partial charge in [0.15, 0.2) is 0 Å². The Morgan fingerprint density at radius 2 is 1.64 bits per heavy atom. The number of carbonyl (C=O) groups is 3. The maximum atomic E-state index is 15.3. The molecule has 4 aromatic rings. The lowest BCUT2D eigenvalue weighted by Crippen LogP contribution is -2.52. The number of carbonyl (C=O) groups excluding carboxylic acids is 3. The van der Waals surface area contributed by atoms with Gasteiger partial charge in [0.2, 0.25) is 11.9 Å². The normalized spacial score (nSPS) is 20.2. The number of rotatable bonds is 8. The van der Waals surface area contributed by atoms with Crippen LogP contribution in [-0.2, 0) is 17.8 Å². The van der Waals surface area contributed by atoms with Crippen molar-refractivity contribution in [3.05, 3.63) is 88.3 Å². The standard InChI is InChI=1S/C39H40ClFN12O3/c40-35-24(21-42)1-12-33(48-35)52-15-13-29-31(22-52)43-23-44-37(29)47-32-11-10-30(36(41)46-32)38(55)45-25-2-4-26(5-3-25)50-17-19-51(20-18-50)27-6-8-28(9-7-27)53-16-14-34(54)49-39(53)56/h1,6-12,23,25-26H,2-5,13-20,22H2,(H,45,55)(H,49,54,56)(H,43,44,46,47). The summed E-state index contributed by atoms with van der Waals surface area (Å²) in [7, 11) is 0. The van der Waals surface area contributed by atoms with Crippen molar-refractivity contribution in [1.82, 2.24) is 35.5 Å². The molecule has 288 valence electrons. The van der Waals surface area contributed by atoms with E-state index in [4.69, 9.17) is 16.9 Å². The molecule has 1 aromatic carbocycles. The SMILES string of the molecule is N#Cc1ccc(N2CCc3c(ncnc3Nc3ccc(C(=O)NC4CCC(N5CCN(c6ccc(N7CCC(=O)NC7=O)cc6)CC5)CC4)c(F)n3)C2)nc1Cl. The third-order valence-corrected chi connectivity index (χ3v) is 11.4. The van der Waals surface area contributed by atoms with E-state index >= 15 is 4.39 Å².